The Labute approximate surface area is 95.0 Å². The summed E-state index contributed by atoms with van der Waals surface area (Å²) in [6, 6.07) is 0.0978. The maximum Gasteiger partial charge on any atom is 0.149 e. The molecule has 0 heterocycles. The van der Waals surface area contributed by atoms with E-state index in [2.05, 4.69) is 25.7 Å². The van der Waals surface area contributed by atoms with Crippen molar-refractivity contribution in [3.63, 3.8) is 0 Å². The molecular weight excluding hydrogens is 186 g/mol. The second-order valence-electron chi connectivity index (χ2n) is 4.27. The summed E-state index contributed by atoms with van der Waals surface area (Å²) in [4.78, 5) is 13.9. The van der Waals surface area contributed by atoms with E-state index in [1.54, 1.807) is 0 Å². The Bertz CT molecular complexity index is 175. The minimum Gasteiger partial charge on any atom is -0.298 e. The van der Waals surface area contributed by atoms with Crippen molar-refractivity contribution in [1.82, 2.24) is 4.90 Å². The predicted molar refractivity (Wildman–Crippen MR) is 66.1 cm³/mol. The molecule has 0 aliphatic rings. The molecule has 90 valence electrons. The molecule has 0 fully saturated rings. The zero-order valence-electron chi connectivity index (χ0n) is 11.0. The summed E-state index contributed by atoms with van der Waals surface area (Å²) in [7, 11) is 0. The lowest BCUT2D eigenvalue weighted by Crippen LogP contribution is -2.41. The second-order valence-corrected chi connectivity index (χ2v) is 4.27. The van der Waals surface area contributed by atoms with Crippen LogP contribution in [0.1, 0.15) is 53.9 Å². The molecule has 0 aliphatic carbocycles. The molecule has 1 unspecified atom stereocenters. The number of carbonyl (C=O) groups excluding carboxylic acids is 1. The zero-order valence-corrected chi connectivity index (χ0v) is 11.0. The van der Waals surface area contributed by atoms with Crippen LogP contribution in [0, 0.1) is 5.92 Å². The van der Waals surface area contributed by atoms with Gasteiger partial charge < -0.3 is 0 Å². The van der Waals surface area contributed by atoms with E-state index in [-0.39, 0.29) is 6.04 Å². The first-order valence-corrected chi connectivity index (χ1v) is 6.37. The summed E-state index contributed by atoms with van der Waals surface area (Å²) in [6.07, 6.45) is 3.07. The van der Waals surface area contributed by atoms with Crippen molar-refractivity contribution in [2.24, 2.45) is 5.92 Å². The Morgan fingerprint density at radius 3 is 2.00 bits per heavy atom. The molecule has 0 spiro atoms. The molecule has 0 saturated heterocycles. The fourth-order valence-electron chi connectivity index (χ4n) is 1.94. The number of ketones is 1. The third-order valence-electron chi connectivity index (χ3n) is 3.42. The molecule has 0 aromatic carbocycles. The Morgan fingerprint density at radius 2 is 1.67 bits per heavy atom. The van der Waals surface area contributed by atoms with Gasteiger partial charge in [0.15, 0.2) is 0 Å². The van der Waals surface area contributed by atoms with E-state index in [1.165, 1.54) is 12.8 Å². The summed E-state index contributed by atoms with van der Waals surface area (Å²) in [5.74, 6) is 1.10. The van der Waals surface area contributed by atoms with Crippen molar-refractivity contribution >= 4 is 5.78 Å². The summed E-state index contributed by atoms with van der Waals surface area (Å²) in [5, 5.41) is 0. The van der Waals surface area contributed by atoms with Crippen molar-refractivity contribution < 1.29 is 4.79 Å². The normalized spacial score (nSPS) is 13.5. The number of rotatable bonds is 8. The van der Waals surface area contributed by atoms with E-state index < -0.39 is 0 Å². The van der Waals surface area contributed by atoms with Crippen molar-refractivity contribution in [1.29, 1.82) is 0 Å². The third kappa shape index (κ3) is 4.78. The Kier molecular flexibility index (Phi) is 7.67. The first-order chi connectivity index (χ1) is 7.10. The van der Waals surface area contributed by atoms with Gasteiger partial charge in [-0.15, -0.1) is 0 Å². The Hall–Kier alpha value is -0.370. The highest BCUT2D eigenvalue weighted by Gasteiger charge is 2.20. The van der Waals surface area contributed by atoms with Gasteiger partial charge in [-0.05, 0) is 19.4 Å². The molecule has 0 saturated carbocycles. The first-order valence-electron chi connectivity index (χ1n) is 6.37. The molecule has 0 aromatic heterocycles. The lowest BCUT2D eigenvalue weighted by molar-refractivity contribution is -0.123. The van der Waals surface area contributed by atoms with Crippen LogP contribution in [0.15, 0.2) is 0 Å². The second kappa shape index (κ2) is 7.86. The third-order valence-corrected chi connectivity index (χ3v) is 3.42. The molecule has 2 nitrogen and oxygen atoms in total. The van der Waals surface area contributed by atoms with E-state index in [9.17, 15) is 4.79 Å². The van der Waals surface area contributed by atoms with Gasteiger partial charge in [0, 0.05) is 13.0 Å². The summed E-state index contributed by atoms with van der Waals surface area (Å²) < 4.78 is 0. The van der Waals surface area contributed by atoms with Gasteiger partial charge in [0.05, 0.1) is 6.04 Å². The number of likely N-dealkylation sites (N-methyl/N-ethyl adjacent to an activating group) is 1. The molecule has 0 bridgehead atoms. The highest BCUT2D eigenvalue weighted by atomic mass is 16.1. The highest BCUT2D eigenvalue weighted by molar-refractivity contribution is 5.83. The lowest BCUT2D eigenvalue weighted by Gasteiger charge is -2.29. The number of hydrogen-bond donors (Lipinski definition) is 0. The molecule has 0 aromatic rings. The minimum atomic E-state index is 0.0978. The van der Waals surface area contributed by atoms with E-state index >= 15 is 0 Å². The Balaban J connectivity index is 4.28. The van der Waals surface area contributed by atoms with Crippen molar-refractivity contribution in [2.75, 3.05) is 13.1 Å². The van der Waals surface area contributed by atoms with E-state index in [4.69, 9.17) is 0 Å². The van der Waals surface area contributed by atoms with Crippen LogP contribution in [0.25, 0.3) is 0 Å². The topological polar surface area (TPSA) is 20.3 Å². The van der Waals surface area contributed by atoms with Crippen LogP contribution in [0.4, 0.5) is 0 Å². The fourth-order valence-corrected chi connectivity index (χ4v) is 1.94. The maximum absolute atomic E-state index is 11.6. The maximum atomic E-state index is 11.6. The van der Waals surface area contributed by atoms with Gasteiger partial charge in [-0.25, -0.2) is 0 Å². The number of nitrogens with zero attached hydrogens (tertiary/aromatic N) is 1. The molecule has 2 heteroatoms. The van der Waals surface area contributed by atoms with E-state index in [0.29, 0.717) is 12.2 Å². The zero-order chi connectivity index (χ0) is 11.8. The SMILES string of the molecule is CCC(=O)C(C)N(CC)CC(CC)CC. The Morgan fingerprint density at radius 1 is 1.13 bits per heavy atom. The van der Waals surface area contributed by atoms with Gasteiger partial charge >= 0.3 is 0 Å². The molecule has 1 atom stereocenters. The van der Waals surface area contributed by atoms with Gasteiger partial charge in [0.2, 0.25) is 0 Å². The summed E-state index contributed by atoms with van der Waals surface area (Å²) in [6.45, 7) is 12.6. The molecule has 0 rings (SSSR count). The van der Waals surface area contributed by atoms with E-state index in [0.717, 1.165) is 19.0 Å². The summed E-state index contributed by atoms with van der Waals surface area (Å²) >= 11 is 0. The van der Waals surface area contributed by atoms with Crippen LogP contribution in [0.2, 0.25) is 0 Å². The van der Waals surface area contributed by atoms with Gasteiger partial charge in [-0.1, -0.05) is 40.5 Å². The van der Waals surface area contributed by atoms with Crippen LogP contribution in [-0.4, -0.2) is 29.8 Å². The average molecular weight is 213 g/mol. The minimum absolute atomic E-state index is 0.0978. The molecule has 0 radical (unpaired) electrons. The van der Waals surface area contributed by atoms with Crippen molar-refractivity contribution in [3.8, 4) is 0 Å². The van der Waals surface area contributed by atoms with Crippen molar-refractivity contribution in [3.05, 3.63) is 0 Å². The van der Waals surface area contributed by atoms with E-state index in [1.807, 2.05) is 13.8 Å². The monoisotopic (exact) mass is 213 g/mol. The first kappa shape index (κ1) is 14.6. The highest BCUT2D eigenvalue weighted by Crippen LogP contribution is 2.13. The van der Waals surface area contributed by atoms with Gasteiger partial charge in [-0.3, -0.25) is 9.69 Å². The van der Waals surface area contributed by atoms with Crippen molar-refractivity contribution in [2.45, 2.75) is 59.9 Å². The largest absolute Gasteiger partial charge is 0.298 e. The van der Waals surface area contributed by atoms with Crippen LogP contribution < -0.4 is 0 Å². The lowest BCUT2D eigenvalue weighted by atomic mass is 10.0. The summed E-state index contributed by atoms with van der Waals surface area (Å²) in [5.41, 5.74) is 0. The fraction of sp³-hybridized carbons (Fsp3) is 0.923. The quantitative estimate of drug-likeness (QED) is 0.617. The van der Waals surface area contributed by atoms with Crippen LogP contribution in [0.3, 0.4) is 0 Å². The van der Waals surface area contributed by atoms with Gasteiger partial charge in [0.1, 0.15) is 5.78 Å². The molecule has 0 N–H and O–H groups in total. The number of carbonyl (C=O) groups is 1. The number of hydrogen-bond acceptors (Lipinski definition) is 2. The molecule has 15 heavy (non-hydrogen) atoms. The van der Waals surface area contributed by atoms with Crippen LogP contribution in [0.5, 0.6) is 0 Å². The standard InChI is InChI=1S/C13H27NO/c1-6-12(7-2)10-14(9-4)11(5)13(15)8-3/h11-12H,6-10H2,1-5H3. The molecule has 0 aliphatic heterocycles. The predicted octanol–water partition coefficient (Wildman–Crippen LogP) is 3.11. The average Bonchev–Trinajstić information content (AvgIpc) is 2.29. The molecular formula is C13H27NO. The molecule has 0 amide bonds. The smallest absolute Gasteiger partial charge is 0.149 e. The van der Waals surface area contributed by atoms with Crippen LogP contribution in [-0.2, 0) is 4.79 Å². The number of Topliss-reactive ketones (excluding diaryl/α,β-unsaturated/α-hetero) is 1. The van der Waals surface area contributed by atoms with Gasteiger partial charge in [0.25, 0.3) is 0 Å². The van der Waals surface area contributed by atoms with Gasteiger partial charge in [-0.2, -0.15) is 0 Å². The van der Waals surface area contributed by atoms with Crippen LogP contribution >= 0.6 is 0 Å².